The second-order valence-corrected chi connectivity index (χ2v) is 6.66. The normalized spacial score (nSPS) is 19.7. The van der Waals surface area contributed by atoms with Gasteiger partial charge in [-0.3, -0.25) is 19.2 Å². The minimum Gasteiger partial charge on any atom is -0.480 e. The average molecular weight is 403 g/mol. The van der Waals surface area contributed by atoms with E-state index < -0.39 is 60.2 Å². The highest BCUT2D eigenvalue weighted by molar-refractivity contribution is 7.80. The quantitative estimate of drug-likeness (QED) is 0.224. The van der Waals surface area contributed by atoms with Crippen molar-refractivity contribution >= 4 is 42.2 Å². The van der Waals surface area contributed by atoms with Crippen LogP contribution in [0, 0.1) is 0 Å². The van der Waals surface area contributed by atoms with Crippen LogP contribution in [0.5, 0.6) is 0 Å². The highest BCUT2D eigenvalue weighted by Gasteiger charge is 2.37. The predicted molar refractivity (Wildman–Crippen MR) is 97.5 cm³/mol. The zero-order valence-electron chi connectivity index (χ0n) is 14.9. The van der Waals surface area contributed by atoms with Crippen molar-refractivity contribution in [3.63, 3.8) is 0 Å². The number of nitrogens with two attached hydrogens (primary N) is 2. The number of amides is 4. The number of carbonyl (C=O) groups is 5. The summed E-state index contributed by atoms with van der Waals surface area (Å²) in [6.07, 6.45) is 0.442. The minimum atomic E-state index is -1.37. The molecule has 1 aliphatic rings. The Hall–Kier alpha value is -2.34. The van der Waals surface area contributed by atoms with Gasteiger partial charge in [-0.25, -0.2) is 4.79 Å². The van der Waals surface area contributed by atoms with Crippen LogP contribution in [-0.4, -0.2) is 76.1 Å². The smallest absolute Gasteiger partial charge is 0.327 e. The molecule has 0 aromatic heterocycles. The molecular formula is C15H25N5O6S. The van der Waals surface area contributed by atoms with Crippen molar-refractivity contribution in [2.45, 2.75) is 50.4 Å². The number of likely N-dealkylation sites (tertiary alicyclic amines) is 1. The Kier molecular flexibility index (Phi) is 8.50. The number of carboxylic acid groups (broad SMARTS) is 1. The summed E-state index contributed by atoms with van der Waals surface area (Å²) in [7, 11) is 0. The van der Waals surface area contributed by atoms with E-state index in [9.17, 15) is 24.0 Å². The zero-order valence-corrected chi connectivity index (χ0v) is 15.8. The van der Waals surface area contributed by atoms with Gasteiger partial charge in [-0.15, -0.1) is 0 Å². The van der Waals surface area contributed by atoms with Gasteiger partial charge < -0.3 is 32.1 Å². The molecule has 12 heteroatoms. The standard InChI is InChI=1S/C15H25N5O6S/c1-7(16)14(24)20-4-2-3-10(20)13(23)18-8(5-11(17)21)12(22)19-9(6-27)15(25)26/h7-10,27H,2-6,16H2,1H3,(H2,17,21)(H,18,23)(H,19,22)(H,25,26). The van der Waals surface area contributed by atoms with E-state index in [0.717, 1.165) is 0 Å². The summed E-state index contributed by atoms with van der Waals surface area (Å²) in [5.74, 6) is -4.27. The number of aliphatic carboxylic acids is 1. The van der Waals surface area contributed by atoms with Gasteiger partial charge >= 0.3 is 5.97 Å². The molecule has 0 bridgehead atoms. The molecule has 0 saturated carbocycles. The fourth-order valence-electron chi connectivity index (χ4n) is 2.70. The molecule has 0 radical (unpaired) electrons. The molecule has 1 fully saturated rings. The molecule has 1 heterocycles. The first-order chi connectivity index (χ1) is 12.6. The number of hydrogen-bond donors (Lipinski definition) is 6. The van der Waals surface area contributed by atoms with E-state index in [0.29, 0.717) is 19.4 Å². The van der Waals surface area contributed by atoms with Gasteiger partial charge in [0.05, 0.1) is 12.5 Å². The van der Waals surface area contributed by atoms with Gasteiger partial charge in [-0.1, -0.05) is 0 Å². The lowest BCUT2D eigenvalue weighted by atomic mass is 10.1. The first-order valence-corrected chi connectivity index (χ1v) is 9.00. The average Bonchev–Trinajstić information content (AvgIpc) is 3.06. The second-order valence-electron chi connectivity index (χ2n) is 6.29. The Balaban J connectivity index is 2.87. The fraction of sp³-hybridized carbons (Fsp3) is 0.667. The van der Waals surface area contributed by atoms with E-state index >= 15 is 0 Å². The summed E-state index contributed by atoms with van der Waals surface area (Å²) in [5, 5.41) is 13.5. The molecular weight excluding hydrogens is 378 g/mol. The molecule has 4 atom stereocenters. The maximum absolute atomic E-state index is 12.6. The van der Waals surface area contributed by atoms with E-state index in [2.05, 4.69) is 23.3 Å². The predicted octanol–water partition coefficient (Wildman–Crippen LogP) is -2.82. The second kappa shape index (κ2) is 10.1. The lowest BCUT2D eigenvalue weighted by Crippen LogP contribution is -2.57. The number of thiol groups is 1. The lowest BCUT2D eigenvalue weighted by Gasteiger charge is -2.27. The largest absolute Gasteiger partial charge is 0.480 e. The molecule has 1 saturated heterocycles. The molecule has 0 aromatic rings. The van der Waals surface area contributed by atoms with Crippen LogP contribution in [0.25, 0.3) is 0 Å². The lowest BCUT2D eigenvalue weighted by molar-refractivity contribution is -0.142. The van der Waals surface area contributed by atoms with Gasteiger partial charge in [-0.05, 0) is 19.8 Å². The van der Waals surface area contributed by atoms with Gasteiger partial charge in [-0.2, -0.15) is 12.6 Å². The Morgan fingerprint density at radius 2 is 1.85 bits per heavy atom. The third-order valence-corrected chi connectivity index (χ3v) is 4.43. The fourth-order valence-corrected chi connectivity index (χ4v) is 2.95. The van der Waals surface area contributed by atoms with Gasteiger partial charge in [0.2, 0.25) is 23.6 Å². The molecule has 11 nitrogen and oxygen atoms in total. The number of nitrogens with zero attached hydrogens (tertiary/aromatic N) is 1. The number of nitrogens with one attached hydrogen (secondary N) is 2. The maximum atomic E-state index is 12.6. The highest BCUT2D eigenvalue weighted by atomic mass is 32.1. The number of carbonyl (C=O) groups excluding carboxylic acids is 4. The van der Waals surface area contributed by atoms with Crippen molar-refractivity contribution in [1.29, 1.82) is 0 Å². The van der Waals surface area contributed by atoms with Crippen molar-refractivity contribution in [2.24, 2.45) is 11.5 Å². The van der Waals surface area contributed by atoms with Crippen LogP contribution in [-0.2, 0) is 24.0 Å². The Morgan fingerprint density at radius 1 is 1.22 bits per heavy atom. The Bertz CT molecular complexity index is 614. The first-order valence-electron chi connectivity index (χ1n) is 8.37. The number of rotatable bonds is 9. The Morgan fingerprint density at radius 3 is 2.33 bits per heavy atom. The molecule has 27 heavy (non-hydrogen) atoms. The first kappa shape index (κ1) is 22.7. The van der Waals surface area contributed by atoms with Gasteiger partial charge in [0, 0.05) is 12.3 Å². The maximum Gasteiger partial charge on any atom is 0.327 e. The van der Waals surface area contributed by atoms with Crippen LogP contribution in [0.2, 0.25) is 0 Å². The highest BCUT2D eigenvalue weighted by Crippen LogP contribution is 2.18. The summed E-state index contributed by atoms with van der Waals surface area (Å²) in [4.78, 5) is 60.6. The summed E-state index contributed by atoms with van der Waals surface area (Å²) < 4.78 is 0. The third kappa shape index (κ3) is 6.40. The summed E-state index contributed by atoms with van der Waals surface area (Å²) >= 11 is 3.83. The molecule has 152 valence electrons. The van der Waals surface area contributed by atoms with Crippen molar-refractivity contribution in [2.75, 3.05) is 12.3 Å². The summed E-state index contributed by atoms with van der Waals surface area (Å²) in [5.41, 5.74) is 10.7. The summed E-state index contributed by atoms with van der Waals surface area (Å²) in [6, 6.07) is -4.28. The molecule has 1 rings (SSSR count). The van der Waals surface area contributed by atoms with Crippen molar-refractivity contribution in [1.82, 2.24) is 15.5 Å². The molecule has 1 aliphatic heterocycles. The Labute approximate surface area is 161 Å². The van der Waals surface area contributed by atoms with E-state index in [-0.39, 0.29) is 5.75 Å². The summed E-state index contributed by atoms with van der Waals surface area (Å²) in [6.45, 7) is 1.86. The number of carboxylic acids is 1. The molecule has 4 unspecified atom stereocenters. The monoisotopic (exact) mass is 403 g/mol. The van der Waals surface area contributed by atoms with E-state index in [1.807, 2.05) is 0 Å². The van der Waals surface area contributed by atoms with Crippen LogP contribution < -0.4 is 22.1 Å². The van der Waals surface area contributed by atoms with E-state index in [1.165, 1.54) is 11.8 Å². The van der Waals surface area contributed by atoms with Crippen LogP contribution in [0.4, 0.5) is 0 Å². The van der Waals surface area contributed by atoms with Crippen molar-refractivity contribution in [3.05, 3.63) is 0 Å². The molecule has 0 aromatic carbocycles. The molecule has 4 amide bonds. The van der Waals surface area contributed by atoms with Crippen molar-refractivity contribution in [3.8, 4) is 0 Å². The van der Waals surface area contributed by atoms with Gasteiger partial charge in [0.15, 0.2) is 0 Å². The van der Waals surface area contributed by atoms with Crippen LogP contribution in [0.1, 0.15) is 26.2 Å². The van der Waals surface area contributed by atoms with Gasteiger partial charge in [0.1, 0.15) is 18.1 Å². The SMILES string of the molecule is CC(N)C(=O)N1CCCC1C(=O)NC(CC(N)=O)C(=O)NC(CS)C(=O)O. The molecule has 7 N–H and O–H groups in total. The third-order valence-electron chi connectivity index (χ3n) is 4.06. The van der Waals surface area contributed by atoms with E-state index in [1.54, 1.807) is 0 Å². The number of primary amides is 1. The zero-order chi connectivity index (χ0) is 20.7. The van der Waals surface area contributed by atoms with Gasteiger partial charge in [0.25, 0.3) is 0 Å². The number of hydrogen-bond acceptors (Lipinski definition) is 7. The van der Waals surface area contributed by atoms with Crippen LogP contribution >= 0.6 is 12.6 Å². The van der Waals surface area contributed by atoms with Crippen molar-refractivity contribution < 1.29 is 29.1 Å². The van der Waals surface area contributed by atoms with Crippen LogP contribution in [0.3, 0.4) is 0 Å². The van der Waals surface area contributed by atoms with E-state index in [4.69, 9.17) is 16.6 Å². The topological polar surface area (TPSA) is 185 Å². The van der Waals surface area contributed by atoms with Crippen LogP contribution in [0.15, 0.2) is 0 Å². The molecule has 0 aliphatic carbocycles. The minimum absolute atomic E-state index is 0.183. The molecule has 0 spiro atoms.